The highest BCUT2D eigenvalue weighted by atomic mass is 35.5. The lowest BCUT2D eigenvalue weighted by atomic mass is 9.99. The summed E-state index contributed by atoms with van der Waals surface area (Å²) in [5.41, 5.74) is 3.05. The smallest absolute Gasteiger partial charge is 0.270 e. The van der Waals surface area contributed by atoms with Gasteiger partial charge in [0.1, 0.15) is 5.69 Å². The van der Waals surface area contributed by atoms with E-state index < -0.39 is 5.24 Å². The number of nitrogens with zero attached hydrogens (tertiary/aromatic N) is 1. The first-order valence-corrected chi connectivity index (χ1v) is 8.39. The van der Waals surface area contributed by atoms with Crippen LogP contribution in [0, 0.1) is 0 Å². The molecule has 0 aliphatic rings. The molecule has 0 bridgehead atoms. The molecule has 0 N–H and O–H groups in total. The minimum absolute atomic E-state index is 0.149. The Balaban J connectivity index is 2.26. The Morgan fingerprint density at radius 3 is 2.04 bits per heavy atom. The number of benzene rings is 2. The molecule has 0 amide bonds. The van der Waals surface area contributed by atoms with Crippen LogP contribution >= 0.6 is 46.4 Å². The molecule has 2 aromatic carbocycles. The van der Waals surface area contributed by atoms with Gasteiger partial charge in [-0.05, 0) is 59.6 Å². The van der Waals surface area contributed by atoms with E-state index in [0.717, 1.165) is 11.1 Å². The molecule has 3 aromatic rings. The summed E-state index contributed by atoms with van der Waals surface area (Å²) in [4.78, 5) is 15.9. The van der Waals surface area contributed by atoms with Gasteiger partial charge in [-0.15, -0.1) is 0 Å². The third-order valence-corrected chi connectivity index (χ3v) is 4.43. The number of rotatable bonds is 3. The second kappa shape index (κ2) is 7.12. The molecule has 6 heteroatoms. The van der Waals surface area contributed by atoms with Crippen molar-refractivity contribution in [3.05, 3.63) is 75.4 Å². The van der Waals surface area contributed by atoms with Crippen molar-refractivity contribution in [2.45, 2.75) is 0 Å². The normalized spacial score (nSPS) is 10.7. The SMILES string of the molecule is O=C(Cl)c1ccc(-c2ccc(Cl)cc2)c(-c2ccc(Cl)cc2Cl)n1. The number of hydrogen-bond acceptors (Lipinski definition) is 2. The molecule has 0 saturated carbocycles. The van der Waals surface area contributed by atoms with Gasteiger partial charge in [-0.1, -0.05) is 46.9 Å². The van der Waals surface area contributed by atoms with Crippen LogP contribution in [0.3, 0.4) is 0 Å². The maximum absolute atomic E-state index is 11.5. The van der Waals surface area contributed by atoms with Crippen LogP contribution in [0.4, 0.5) is 0 Å². The molecule has 2 nitrogen and oxygen atoms in total. The van der Waals surface area contributed by atoms with Crippen molar-refractivity contribution in [1.29, 1.82) is 0 Å². The maximum atomic E-state index is 11.5. The average Bonchev–Trinajstić information content (AvgIpc) is 2.55. The highest BCUT2D eigenvalue weighted by molar-refractivity contribution is 6.67. The van der Waals surface area contributed by atoms with Crippen LogP contribution in [-0.2, 0) is 0 Å². The molecular formula is C18H9Cl4NO. The predicted molar refractivity (Wildman–Crippen MR) is 100 cm³/mol. The molecule has 0 radical (unpaired) electrons. The Morgan fingerprint density at radius 2 is 1.42 bits per heavy atom. The Kier molecular flexibility index (Phi) is 5.12. The minimum atomic E-state index is -0.635. The van der Waals surface area contributed by atoms with Gasteiger partial charge in [0.05, 0.1) is 10.7 Å². The van der Waals surface area contributed by atoms with E-state index in [1.54, 1.807) is 42.5 Å². The van der Waals surface area contributed by atoms with Crippen LogP contribution < -0.4 is 0 Å². The zero-order valence-corrected chi connectivity index (χ0v) is 15.1. The molecule has 0 fully saturated rings. The van der Waals surface area contributed by atoms with E-state index in [1.807, 2.05) is 12.1 Å². The zero-order valence-electron chi connectivity index (χ0n) is 12.1. The van der Waals surface area contributed by atoms with Gasteiger partial charge in [-0.3, -0.25) is 4.79 Å². The van der Waals surface area contributed by atoms with Crippen LogP contribution in [0.1, 0.15) is 10.5 Å². The van der Waals surface area contributed by atoms with Crippen molar-refractivity contribution in [1.82, 2.24) is 4.98 Å². The Labute approximate surface area is 159 Å². The lowest BCUT2D eigenvalue weighted by Gasteiger charge is -2.12. The summed E-state index contributed by atoms with van der Waals surface area (Å²) < 4.78 is 0. The standard InChI is InChI=1S/C18H9Cl4NO/c19-11-3-1-10(2-4-11)13-7-8-16(18(22)24)23-17(13)14-6-5-12(20)9-15(14)21/h1-9H. The van der Waals surface area contributed by atoms with Gasteiger partial charge >= 0.3 is 0 Å². The lowest BCUT2D eigenvalue weighted by Crippen LogP contribution is -1.98. The van der Waals surface area contributed by atoms with Crippen molar-refractivity contribution in [2.24, 2.45) is 0 Å². The van der Waals surface area contributed by atoms with E-state index in [4.69, 9.17) is 46.4 Å². The van der Waals surface area contributed by atoms with Gasteiger partial charge in [0.25, 0.3) is 5.24 Å². The quantitative estimate of drug-likeness (QED) is 0.458. The topological polar surface area (TPSA) is 30.0 Å². The summed E-state index contributed by atoms with van der Waals surface area (Å²) >= 11 is 23.8. The van der Waals surface area contributed by atoms with Crippen LogP contribution in [0.2, 0.25) is 15.1 Å². The molecule has 0 atom stereocenters. The van der Waals surface area contributed by atoms with Crippen LogP contribution in [0.25, 0.3) is 22.4 Å². The largest absolute Gasteiger partial charge is 0.274 e. The minimum Gasteiger partial charge on any atom is -0.274 e. The van der Waals surface area contributed by atoms with E-state index in [9.17, 15) is 4.79 Å². The summed E-state index contributed by atoms with van der Waals surface area (Å²) in [7, 11) is 0. The lowest BCUT2D eigenvalue weighted by molar-refractivity contribution is 0.107. The van der Waals surface area contributed by atoms with Crippen molar-refractivity contribution in [3.8, 4) is 22.4 Å². The summed E-state index contributed by atoms with van der Waals surface area (Å²) in [5.74, 6) is 0. The van der Waals surface area contributed by atoms with Crippen molar-refractivity contribution in [2.75, 3.05) is 0 Å². The molecule has 3 rings (SSSR count). The average molecular weight is 397 g/mol. The molecule has 0 unspecified atom stereocenters. The molecule has 0 spiro atoms. The molecule has 0 aliphatic carbocycles. The zero-order chi connectivity index (χ0) is 17.3. The number of halogens is 4. The molecule has 1 heterocycles. The highest BCUT2D eigenvalue weighted by Crippen LogP contribution is 2.36. The fraction of sp³-hybridized carbons (Fsp3) is 0. The van der Waals surface area contributed by atoms with Crippen molar-refractivity contribution < 1.29 is 4.79 Å². The van der Waals surface area contributed by atoms with Crippen molar-refractivity contribution >= 4 is 51.6 Å². The first-order chi connectivity index (χ1) is 11.5. The van der Waals surface area contributed by atoms with Gasteiger partial charge in [0, 0.05) is 21.2 Å². The fourth-order valence-electron chi connectivity index (χ4n) is 2.32. The summed E-state index contributed by atoms with van der Waals surface area (Å²) in [6, 6.07) is 15.8. The first-order valence-electron chi connectivity index (χ1n) is 6.88. The highest BCUT2D eigenvalue weighted by Gasteiger charge is 2.15. The summed E-state index contributed by atoms with van der Waals surface area (Å²) in [6.45, 7) is 0. The van der Waals surface area contributed by atoms with E-state index in [2.05, 4.69) is 4.98 Å². The van der Waals surface area contributed by atoms with Gasteiger partial charge in [-0.25, -0.2) is 4.98 Å². The van der Waals surface area contributed by atoms with Gasteiger partial charge < -0.3 is 0 Å². The molecule has 0 aliphatic heterocycles. The van der Waals surface area contributed by atoms with Crippen LogP contribution in [-0.4, -0.2) is 10.2 Å². The summed E-state index contributed by atoms with van der Waals surface area (Å²) in [5, 5.41) is 0.945. The van der Waals surface area contributed by atoms with Crippen LogP contribution in [0.15, 0.2) is 54.6 Å². The monoisotopic (exact) mass is 395 g/mol. The second-order valence-electron chi connectivity index (χ2n) is 5.00. The number of pyridine rings is 1. The third-order valence-electron chi connectivity index (χ3n) is 3.44. The van der Waals surface area contributed by atoms with E-state index in [-0.39, 0.29) is 5.69 Å². The number of hydrogen-bond donors (Lipinski definition) is 0. The number of carbonyl (C=O) groups excluding carboxylic acids is 1. The molecule has 120 valence electrons. The Morgan fingerprint density at radius 1 is 0.792 bits per heavy atom. The number of aromatic nitrogens is 1. The molecule has 24 heavy (non-hydrogen) atoms. The maximum Gasteiger partial charge on any atom is 0.270 e. The Bertz CT molecular complexity index is 923. The van der Waals surface area contributed by atoms with E-state index in [0.29, 0.717) is 26.3 Å². The molecule has 0 saturated heterocycles. The van der Waals surface area contributed by atoms with Gasteiger partial charge in [0.2, 0.25) is 0 Å². The third kappa shape index (κ3) is 3.57. The van der Waals surface area contributed by atoms with E-state index in [1.165, 1.54) is 0 Å². The van der Waals surface area contributed by atoms with Gasteiger partial charge in [-0.2, -0.15) is 0 Å². The summed E-state index contributed by atoms with van der Waals surface area (Å²) in [6.07, 6.45) is 0. The Hall–Kier alpha value is -1.58. The van der Waals surface area contributed by atoms with Crippen molar-refractivity contribution in [3.63, 3.8) is 0 Å². The second-order valence-corrected chi connectivity index (χ2v) is 6.62. The predicted octanol–water partition coefficient (Wildman–Crippen LogP) is 6.75. The van der Waals surface area contributed by atoms with E-state index >= 15 is 0 Å². The first kappa shape index (κ1) is 17.2. The number of carbonyl (C=O) groups is 1. The van der Waals surface area contributed by atoms with Crippen LogP contribution in [0.5, 0.6) is 0 Å². The van der Waals surface area contributed by atoms with Gasteiger partial charge in [0.15, 0.2) is 0 Å². The molecular weight excluding hydrogens is 388 g/mol. The molecule has 1 aromatic heterocycles. The fourth-order valence-corrected chi connectivity index (χ4v) is 3.05.